The molecule has 0 radical (unpaired) electrons. The van der Waals surface area contributed by atoms with Gasteiger partial charge >= 0.3 is 0 Å². The molecule has 0 saturated carbocycles. The molecule has 0 aliphatic carbocycles. The number of benzene rings is 4. The molecule has 0 bridgehead atoms. The van der Waals surface area contributed by atoms with Gasteiger partial charge in [0, 0.05) is 0 Å². The Hall–Kier alpha value is -3.89. The normalized spacial score (nSPS) is 12.2. The van der Waals surface area contributed by atoms with E-state index in [4.69, 9.17) is 4.74 Å². The van der Waals surface area contributed by atoms with E-state index in [-0.39, 0.29) is 6.04 Å². The van der Waals surface area contributed by atoms with Crippen LogP contribution in [-0.2, 0) is 24.3 Å². The Bertz CT molecular complexity index is 1520. The van der Waals surface area contributed by atoms with E-state index < -0.39 is 0 Å². The summed E-state index contributed by atoms with van der Waals surface area (Å²) < 4.78 is 10.6. The topological polar surface area (TPSA) is 42.9 Å². The van der Waals surface area contributed by atoms with Crippen LogP contribution in [0.25, 0.3) is 11.0 Å². The number of rotatable bonds is 9. The molecule has 1 unspecified atom stereocenters. The number of ether oxygens (including phenoxy) is 1. The monoisotopic (exact) mass is 489 g/mol. The summed E-state index contributed by atoms with van der Waals surface area (Å²) in [6.45, 7) is 8.05. The summed E-state index contributed by atoms with van der Waals surface area (Å²) in [7, 11) is 0. The van der Waals surface area contributed by atoms with E-state index in [2.05, 4.69) is 127 Å². The number of hydrogen-bond donors (Lipinski definition) is 1. The average Bonchev–Trinajstić information content (AvgIpc) is 3.18. The molecule has 1 atom stereocenters. The van der Waals surface area contributed by atoms with Crippen molar-refractivity contribution in [2.75, 3.05) is 6.61 Å². The molecule has 0 spiro atoms. The van der Waals surface area contributed by atoms with E-state index in [1.807, 2.05) is 0 Å². The second kappa shape index (κ2) is 11.0. The standard InChI is InChI=1S/C33H35N3O/c1-24-8-14-27(15-9-24)20-30(23-37-22-29-18-12-26(3)13-19-29)36-32-7-5-4-6-31(32)35(33(36)34)21-28-16-10-25(2)11-17-28/h4-19,30,34H,20-23H2,1-3H3. The largest absolute Gasteiger partial charge is 0.375 e. The summed E-state index contributed by atoms with van der Waals surface area (Å²) in [5, 5.41) is 9.29. The van der Waals surface area contributed by atoms with Gasteiger partial charge in [0.25, 0.3) is 0 Å². The van der Waals surface area contributed by atoms with Crippen molar-refractivity contribution in [1.29, 1.82) is 5.41 Å². The third-order valence-electron chi connectivity index (χ3n) is 7.03. The van der Waals surface area contributed by atoms with E-state index >= 15 is 0 Å². The maximum Gasteiger partial charge on any atom is 0.203 e. The van der Waals surface area contributed by atoms with E-state index in [1.54, 1.807) is 0 Å². The molecule has 4 nitrogen and oxygen atoms in total. The van der Waals surface area contributed by atoms with Gasteiger partial charge in [-0.2, -0.15) is 0 Å². The minimum Gasteiger partial charge on any atom is -0.375 e. The Balaban J connectivity index is 1.50. The Morgan fingerprint density at radius 1 is 0.649 bits per heavy atom. The predicted molar refractivity (Wildman–Crippen MR) is 151 cm³/mol. The van der Waals surface area contributed by atoms with Crippen molar-refractivity contribution in [3.8, 4) is 0 Å². The Kier molecular flexibility index (Phi) is 7.38. The van der Waals surface area contributed by atoms with Crippen LogP contribution >= 0.6 is 0 Å². The van der Waals surface area contributed by atoms with Crippen molar-refractivity contribution in [1.82, 2.24) is 9.13 Å². The molecule has 188 valence electrons. The predicted octanol–water partition coefficient (Wildman–Crippen LogP) is 6.90. The Morgan fingerprint density at radius 3 is 1.76 bits per heavy atom. The number of para-hydroxylation sites is 2. The van der Waals surface area contributed by atoms with Crippen LogP contribution in [0.1, 0.15) is 39.4 Å². The van der Waals surface area contributed by atoms with E-state index in [1.165, 1.54) is 27.8 Å². The highest BCUT2D eigenvalue weighted by molar-refractivity contribution is 5.76. The van der Waals surface area contributed by atoms with E-state index in [0.717, 1.165) is 23.0 Å². The molecule has 4 aromatic carbocycles. The lowest BCUT2D eigenvalue weighted by atomic mass is 10.0. The van der Waals surface area contributed by atoms with Crippen LogP contribution < -0.4 is 5.62 Å². The van der Waals surface area contributed by atoms with Crippen LogP contribution in [0, 0.1) is 26.2 Å². The number of nitrogens with zero attached hydrogens (tertiary/aromatic N) is 2. The van der Waals surface area contributed by atoms with Crippen molar-refractivity contribution >= 4 is 11.0 Å². The summed E-state index contributed by atoms with van der Waals surface area (Å²) in [6.07, 6.45) is 0.795. The van der Waals surface area contributed by atoms with Gasteiger partial charge < -0.3 is 13.9 Å². The zero-order valence-electron chi connectivity index (χ0n) is 21.9. The fraction of sp³-hybridized carbons (Fsp3) is 0.242. The lowest BCUT2D eigenvalue weighted by Crippen LogP contribution is -2.31. The number of imidazole rings is 1. The Labute approximate surface area is 219 Å². The van der Waals surface area contributed by atoms with Crippen LogP contribution in [0.4, 0.5) is 0 Å². The molecule has 0 aliphatic heterocycles. The summed E-state index contributed by atoms with van der Waals surface area (Å²) >= 11 is 0. The lowest BCUT2D eigenvalue weighted by Gasteiger charge is -2.20. The molecular weight excluding hydrogens is 454 g/mol. The van der Waals surface area contributed by atoms with Gasteiger partial charge in [-0.25, -0.2) is 0 Å². The third-order valence-corrected chi connectivity index (χ3v) is 7.03. The van der Waals surface area contributed by atoms with Crippen molar-refractivity contribution in [3.63, 3.8) is 0 Å². The van der Waals surface area contributed by atoms with Gasteiger partial charge in [-0.1, -0.05) is 102 Å². The zero-order chi connectivity index (χ0) is 25.8. The molecule has 4 heteroatoms. The molecule has 0 fully saturated rings. The van der Waals surface area contributed by atoms with Gasteiger partial charge in [0.15, 0.2) is 0 Å². The highest BCUT2D eigenvalue weighted by atomic mass is 16.5. The van der Waals surface area contributed by atoms with Gasteiger partial charge in [-0.05, 0) is 56.0 Å². The molecule has 37 heavy (non-hydrogen) atoms. The second-order valence-electron chi connectivity index (χ2n) is 10.1. The van der Waals surface area contributed by atoms with Crippen molar-refractivity contribution in [2.45, 2.75) is 46.4 Å². The smallest absolute Gasteiger partial charge is 0.203 e. The number of nitrogens with one attached hydrogen (secondary N) is 1. The van der Waals surface area contributed by atoms with Crippen LogP contribution in [0.15, 0.2) is 97.1 Å². The summed E-state index contributed by atoms with van der Waals surface area (Å²) in [5.74, 6) is 0. The molecule has 5 aromatic rings. The van der Waals surface area contributed by atoms with Gasteiger partial charge in [-0.15, -0.1) is 0 Å². The maximum atomic E-state index is 9.29. The molecule has 1 aromatic heterocycles. The van der Waals surface area contributed by atoms with E-state index in [9.17, 15) is 5.41 Å². The molecular formula is C33H35N3O. The van der Waals surface area contributed by atoms with Crippen LogP contribution in [0.3, 0.4) is 0 Å². The summed E-state index contributed by atoms with van der Waals surface area (Å²) in [4.78, 5) is 0. The molecule has 1 N–H and O–H groups in total. The van der Waals surface area contributed by atoms with Crippen LogP contribution in [0.5, 0.6) is 0 Å². The minimum atomic E-state index is -0.00942. The number of aryl methyl sites for hydroxylation is 3. The first kappa shape index (κ1) is 24.8. The second-order valence-corrected chi connectivity index (χ2v) is 10.1. The minimum absolute atomic E-state index is 0.00942. The van der Waals surface area contributed by atoms with Crippen LogP contribution in [0.2, 0.25) is 0 Å². The average molecular weight is 490 g/mol. The number of hydrogen-bond acceptors (Lipinski definition) is 2. The Morgan fingerprint density at radius 2 is 1.16 bits per heavy atom. The highest BCUT2D eigenvalue weighted by Crippen LogP contribution is 2.23. The van der Waals surface area contributed by atoms with E-state index in [0.29, 0.717) is 25.4 Å². The van der Waals surface area contributed by atoms with Gasteiger partial charge in [-0.3, -0.25) is 5.41 Å². The SMILES string of the molecule is Cc1ccc(COCC(Cc2ccc(C)cc2)n2c(=N)n(Cc3ccc(C)cc3)c3ccccc32)cc1. The highest BCUT2D eigenvalue weighted by Gasteiger charge is 2.20. The molecule has 1 heterocycles. The van der Waals surface area contributed by atoms with Gasteiger partial charge in [0.2, 0.25) is 5.62 Å². The van der Waals surface area contributed by atoms with Crippen molar-refractivity contribution in [3.05, 3.63) is 136 Å². The third kappa shape index (κ3) is 5.76. The first-order chi connectivity index (χ1) is 18.0. The fourth-order valence-electron chi connectivity index (χ4n) is 4.88. The number of fused-ring (bicyclic) bond motifs is 1. The molecule has 0 amide bonds. The van der Waals surface area contributed by atoms with Gasteiger partial charge in [0.05, 0.1) is 36.8 Å². The maximum absolute atomic E-state index is 9.29. The summed E-state index contributed by atoms with van der Waals surface area (Å²) in [5.41, 5.74) is 9.98. The molecule has 0 saturated heterocycles. The van der Waals surface area contributed by atoms with Gasteiger partial charge in [0.1, 0.15) is 0 Å². The molecule has 5 rings (SSSR count). The number of aromatic nitrogens is 2. The zero-order valence-corrected chi connectivity index (χ0v) is 21.9. The fourth-order valence-corrected chi connectivity index (χ4v) is 4.88. The van der Waals surface area contributed by atoms with Crippen molar-refractivity contribution < 1.29 is 4.74 Å². The quantitative estimate of drug-likeness (QED) is 0.241. The van der Waals surface area contributed by atoms with Crippen LogP contribution in [-0.4, -0.2) is 15.7 Å². The lowest BCUT2D eigenvalue weighted by molar-refractivity contribution is 0.0893. The molecule has 0 aliphatic rings. The summed E-state index contributed by atoms with van der Waals surface area (Å²) in [6, 6.07) is 34.1. The first-order valence-electron chi connectivity index (χ1n) is 13.0. The first-order valence-corrected chi connectivity index (χ1v) is 13.0. The van der Waals surface area contributed by atoms with Crippen molar-refractivity contribution in [2.24, 2.45) is 0 Å².